The van der Waals surface area contributed by atoms with Crippen LogP contribution in [0.2, 0.25) is 0 Å². The Kier molecular flexibility index (Phi) is 7.70. The van der Waals surface area contributed by atoms with E-state index in [-0.39, 0.29) is 31.4 Å². The molecule has 2 aromatic carbocycles. The van der Waals surface area contributed by atoms with Gasteiger partial charge >= 0.3 is 0 Å². The maximum absolute atomic E-state index is 12.0. The first-order chi connectivity index (χ1) is 13.3. The number of halogens is 1. The summed E-state index contributed by atoms with van der Waals surface area (Å²) < 4.78 is 0.774. The molecule has 0 saturated carbocycles. The molecule has 0 heterocycles. The molecule has 0 unspecified atom stereocenters. The molecule has 2 aromatic rings. The fourth-order valence-electron chi connectivity index (χ4n) is 2.20. The van der Waals surface area contributed by atoms with E-state index < -0.39 is 11.8 Å². The van der Waals surface area contributed by atoms with E-state index in [9.17, 15) is 19.2 Å². The maximum Gasteiger partial charge on any atom is 0.251 e. The summed E-state index contributed by atoms with van der Waals surface area (Å²) >= 11 is 3.29. The van der Waals surface area contributed by atoms with Crippen LogP contribution in [0.3, 0.4) is 0 Å². The second kappa shape index (κ2) is 10.2. The molecule has 4 amide bonds. The number of carbonyl (C=O) groups excluding carboxylic acids is 4. The molecule has 5 N–H and O–H groups in total. The molecule has 0 saturated heterocycles. The number of primary amides is 1. The Morgan fingerprint density at radius 3 is 2.11 bits per heavy atom. The Hall–Kier alpha value is -3.20. The van der Waals surface area contributed by atoms with Gasteiger partial charge in [-0.3, -0.25) is 19.2 Å². The van der Waals surface area contributed by atoms with Gasteiger partial charge in [0.1, 0.15) is 0 Å². The van der Waals surface area contributed by atoms with Gasteiger partial charge < -0.3 is 21.7 Å². The second-order valence-corrected chi connectivity index (χ2v) is 6.73. The molecule has 9 heteroatoms. The predicted octanol–water partition coefficient (Wildman–Crippen LogP) is 0.710. The Labute approximate surface area is 170 Å². The van der Waals surface area contributed by atoms with E-state index in [1.165, 1.54) is 0 Å². The van der Waals surface area contributed by atoms with Crippen LogP contribution in [-0.2, 0) is 16.1 Å². The fraction of sp³-hybridized carbons (Fsp3) is 0.158. The summed E-state index contributed by atoms with van der Waals surface area (Å²) in [4.78, 5) is 46.3. The average molecular weight is 447 g/mol. The smallest absolute Gasteiger partial charge is 0.251 e. The van der Waals surface area contributed by atoms with Gasteiger partial charge in [-0.1, -0.05) is 34.1 Å². The van der Waals surface area contributed by atoms with E-state index in [2.05, 4.69) is 31.9 Å². The highest BCUT2D eigenvalue weighted by atomic mass is 79.9. The highest BCUT2D eigenvalue weighted by Gasteiger charge is 2.09. The van der Waals surface area contributed by atoms with Crippen molar-refractivity contribution in [1.29, 1.82) is 0 Å². The number of nitrogens with one attached hydrogen (secondary N) is 3. The molecule has 28 heavy (non-hydrogen) atoms. The zero-order chi connectivity index (χ0) is 20.5. The summed E-state index contributed by atoms with van der Waals surface area (Å²) in [5, 5.41) is 7.61. The number of carbonyl (C=O) groups is 4. The lowest BCUT2D eigenvalue weighted by Crippen LogP contribution is -2.36. The predicted molar refractivity (Wildman–Crippen MR) is 106 cm³/mol. The maximum atomic E-state index is 12.0. The summed E-state index contributed by atoms with van der Waals surface area (Å²) in [7, 11) is 0. The number of benzene rings is 2. The van der Waals surface area contributed by atoms with Gasteiger partial charge in [0, 0.05) is 22.1 Å². The molecule has 0 aliphatic rings. The number of amides is 4. The largest absolute Gasteiger partial charge is 0.368 e. The molecule has 0 spiro atoms. The van der Waals surface area contributed by atoms with Gasteiger partial charge in [0.05, 0.1) is 13.1 Å². The lowest BCUT2D eigenvalue weighted by atomic mass is 10.1. The third-order valence-electron chi connectivity index (χ3n) is 3.63. The van der Waals surface area contributed by atoms with Crippen LogP contribution in [0.15, 0.2) is 53.0 Å². The highest BCUT2D eigenvalue weighted by molar-refractivity contribution is 9.10. The summed E-state index contributed by atoms with van der Waals surface area (Å²) in [6, 6.07) is 13.4. The third kappa shape index (κ3) is 6.84. The molecule has 146 valence electrons. The van der Waals surface area contributed by atoms with Crippen molar-refractivity contribution in [1.82, 2.24) is 16.0 Å². The van der Waals surface area contributed by atoms with Crippen molar-refractivity contribution < 1.29 is 19.2 Å². The van der Waals surface area contributed by atoms with Gasteiger partial charge in [-0.05, 0) is 35.9 Å². The van der Waals surface area contributed by atoms with Crippen molar-refractivity contribution in [3.8, 4) is 0 Å². The average Bonchev–Trinajstić information content (AvgIpc) is 2.69. The molecule has 2 rings (SSSR count). The molecule has 0 aliphatic heterocycles. The minimum atomic E-state index is -0.625. The van der Waals surface area contributed by atoms with Crippen molar-refractivity contribution in [2.75, 3.05) is 13.1 Å². The lowest BCUT2D eigenvalue weighted by molar-refractivity contribution is -0.120. The first-order valence-electron chi connectivity index (χ1n) is 8.31. The lowest BCUT2D eigenvalue weighted by Gasteiger charge is -2.08. The van der Waals surface area contributed by atoms with Gasteiger partial charge in [-0.15, -0.1) is 0 Å². The van der Waals surface area contributed by atoms with Gasteiger partial charge in [0.2, 0.25) is 11.8 Å². The Morgan fingerprint density at radius 1 is 0.821 bits per heavy atom. The van der Waals surface area contributed by atoms with Gasteiger partial charge in [-0.2, -0.15) is 0 Å². The van der Waals surface area contributed by atoms with Crippen LogP contribution in [0.5, 0.6) is 0 Å². The van der Waals surface area contributed by atoms with E-state index in [0.29, 0.717) is 11.1 Å². The van der Waals surface area contributed by atoms with Crippen molar-refractivity contribution in [3.05, 3.63) is 69.7 Å². The quantitative estimate of drug-likeness (QED) is 0.475. The molecule has 8 nitrogen and oxygen atoms in total. The summed E-state index contributed by atoms with van der Waals surface area (Å²) in [6.45, 7) is -0.143. The molecule has 0 fully saturated rings. The molecular formula is C19H19BrN4O4. The first-order valence-corrected chi connectivity index (χ1v) is 9.10. The Morgan fingerprint density at radius 2 is 1.46 bits per heavy atom. The fourth-order valence-corrected chi connectivity index (χ4v) is 2.60. The normalized spacial score (nSPS) is 10.0. The number of nitrogens with two attached hydrogens (primary N) is 1. The Balaban J connectivity index is 1.77. The molecule has 0 radical (unpaired) electrons. The Bertz CT molecular complexity index is 884. The van der Waals surface area contributed by atoms with Crippen LogP contribution in [0.4, 0.5) is 0 Å². The van der Waals surface area contributed by atoms with Crippen LogP contribution in [0.1, 0.15) is 26.3 Å². The molecule has 0 atom stereocenters. The topological polar surface area (TPSA) is 130 Å². The van der Waals surface area contributed by atoms with E-state index in [1.807, 2.05) is 0 Å². The minimum absolute atomic E-state index is 0.154. The zero-order valence-electron chi connectivity index (χ0n) is 14.8. The van der Waals surface area contributed by atoms with E-state index in [1.54, 1.807) is 48.5 Å². The number of hydrogen-bond acceptors (Lipinski definition) is 4. The number of hydrogen-bond donors (Lipinski definition) is 4. The van der Waals surface area contributed by atoms with Crippen LogP contribution < -0.4 is 21.7 Å². The van der Waals surface area contributed by atoms with Crippen LogP contribution in [0, 0.1) is 0 Å². The standard InChI is InChI=1S/C19H19BrN4O4/c20-15-3-1-2-14(8-15)19(28)24-11-17(26)22-9-12-4-6-13(7-5-12)18(27)23-10-16(21)25/h1-8H,9-11H2,(H2,21,25)(H,22,26)(H,23,27)(H,24,28). The highest BCUT2D eigenvalue weighted by Crippen LogP contribution is 2.11. The van der Waals surface area contributed by atoms with Crippen molar-refractivity contribution >= 4 is 39.6 Å². The monoisotopic (exact) mass is 446 g/mol. The van der Waals surface area contributed by atoms with Crippen LogP contribution >= 0.6 is 15.9 Å². The van der Waals surface area contributed by atoms with E-state index in [4.69, 9.17) is 5.73 Å². The molecule has 0 bridgehead atoms. The SMILES string of the molecule is NC(=O)CNC(=O)c1ccc(CNC(=O)CNC(=O)c2cccc(Br)c2)cc1. The second-order valence-electron chi connectivity index (χ2n) is 5.82. The van der Waals surface area contributed by atoms with Crippen molar-refractivity contribution in [2.45, 2.75) is 6.54 Å². The zero-order valence-corrected chi connectivity index (χ0v) is 16.4. The van der Waals surface area contributed by atoms with Crippen molar-refractivity contribution in [2.24, 2.45) is 5.73 Å². The van der Waals surface area contributed by atoms with Gasteiger partial charge in [0.15, 0.2) is 0 Å². The third-order valence-corrected chi connectivity index (χ3v) is 4.12. The van der Waals surface area contributed by atoms with Crippen LogP contribution in [-0.4, -0.2) is 36.7 Å². The van der Waals surface area contributed by atoms with Gasteiger partial charge in [0.25, 0.3) is 11.8 Å². The summed E-state index contributed by atoms with van der Waals surface area (Å²) in [5.41, 5.74) is 6.57. The molecule has 0 aromatic heterocycles. The first kappa shape index (κ1) is 21.1. The van der Waals surface area contributed by atoms with E-state index >= 15 is 0 Å². The molecule has 0 aliphatic carbocycles. The molecular weight excluding hydrogens is 428 g/mol. The minimum Gasteiger partial charge on any atom is -0.368 e. The summed E-state index contributed by atoms with van der Waals surface area (Å²) in [6.07, 6.45) is 0. The number of rotatable bonds is 8. The van der Waals surface area contributed by atoms with E-state index in [0.717, 1.165) is 10.0 Å². The van der Waals surface area contributed by atoms with Crippen molar-refractivity contribution in [3.63, 3.8) is 0 Å². The van der Waals surface area contributed by atoms with Crippen LogP contribution in [0.25, 0.3) is 0 Å². The van der Waals surface area contributed by atoms with Gasteiger partial charge in [-0.25, -0.2) is 0 Å². The summed E-state index contributed by atoms with van der Waals surface area (Å²) in [5.74, 6) is -1.72.